The molecule has 0 bridgehead atoms. The first-order valence-electron chi connectivity index (χ1n) is 17.8. The molecule has 2 aromatic heterocycles. The number of imidazole rings is 1. The van der Waals surface area contributed by atoms with E-state index >= 15 is 0 Å². The lowest BCUT2D eigenvalue weighted by Gasteiger charge is -2.36. The van der Waals surface area contributed by atoms with Crippen LogP contribution in [0, 0.1) is 5.41 Å². The van der Waals surface area contributed by atoms with Crippen LogP contribution in [0.25, 0.3) is 11.2 Å². The maximum atomic E-state index is 12.6. The van der Waals surface area contributed by atoms with E-state index in [1.165, 1.54) is 13.8 Å². The fourth-order valence-corrected chi connectivity index (χ4v) is 9.43. The summed E-state index contributed by atoms with van der Waals surface area (Å²) in [5.74, 6) is -2.30. The van der Waals surface area contributed by atoms with Crippen LogP contribution in [0.15, 0.2) is 36.9 Å². The molecule has 0 radical (unpaired) electrons. The molecule has 7 N–H and O–H groups in total. The number of aliphatic hydroxyl groups is 2. The molecule has 0 saturated carbocycles. The van der Waals surface area contributed by atoms with Crippen LogP contribution in [-0.4, -0.2) is 109 Å². The van der Waals surface area contributed by atoms with E-state index in [-0.39, 0.29) is 59.7 Å². The van der Waals surface area contributed by atoms with Crippen LogP contribution in [0.1, 0.15) is 44.4 Å². The maximum Gasteiger partial charge on any atom is 0.274 e. The fourth-order valence-electron chi connectivity index (χ4n) is 5.98. The summed E-state index contributed by atoms with van der Waals surface area (Å²) < 4.78 is 60.6. The number of rotatable bonds is 21. The summed E-state index contributed by atoms with van der Waals surface area (Å²) in [7, 11) is -17.7. The fraction of sp³-hybridized carbons (Fsp3) is 0.516. The first kappa shape index (κ1) is 48.3. The lowest BCUT2D eigenvalue weighted by Crippen LogP contribution is -2.46. The van der Waals surface area contributed by atoms with Crippen molar-refractivity contribution in [3.8, 4) is 0 Å². The molecule has 3 amide bonds. The zero-order valence-corrected chi connectivity index (χ0v) is 35.4. The topological polar surface area (TPSA) is 404 Å². The van der Waals surface area contributed by atoms with Gasteiger partial charge in [0.25, 0.3) is 15.6 Å². The second-order valence-electron chi connectivity index (χ2n) is 14.0. The molecule has 1 saturated heterocycles. The Kier molecular flexibility index (Phi) is 15.6. The molecule has 5 rings (SSSR count). The minimum atomic E-state index is -5.93. The summed E-state index contributed by atoms with van der Waals surface area (Å²) in [6, 6.07) is 7.05. The third-order valence-electron chi connectivity index (χ3n) is 9.02. The molecule has 4 heterocycles. The first-order valence-corrected chi connectivity index (χ1v) is 23.2. The average Bonchev–Trinajstić information content (AvgIpc) is 3.83. The molecule has 26 nitrogen and oxygen atoms in total. The number of phosphoric ester groups is 3. The van der Waals surface area contributed by atoms with Crippen LogP contribution < -0.4 is 41.3 Å². The summed E-state index contributed by atoms with van der Waals surface area (Å²) in [6.07, 6.45) is -7.75. The van der Waals surface area contributed by atoms with Crippen LogP contribution in [-0.2, 0) is 55.5 Å². The number of anilines is 2. The van der Waals surface area contributed by atoms with Crippen LogP contribution >= 0.6 is 35.2 Å². The quantitative estimate of drug-likeness (QED) is 0.0466. The van der Waals surface area contributed by atoms with E-state index in [2.05, 4.69) is 48.8 Å². The number of aliphatic hydroxyl groups excluding tert-OH is 2. The van der Waals surface area contributed by atoms with Crippen LogP contribution in [0.3, 0.4) is 0 Å². The molecule has 3 unspecified atom stereocenters. The lowest BCUT2D eigenvalue weighted by molar-refractivity contribution is -0.347. The van der Waals surface area contributed by atoms with Crippen LogP contribution in [0.2, 0.25) is 0 Å². The van der Waals surface area contributed by atoms with Crippen molar-refractivity contribution in [1.29, 1.82) is 0 Å². The number of phosphoric acid groups is 3. The van der Waals surface area contributed by atoms with E-state index in [1.807, 2.05) is 0 Å². The van der Waals surface area contributed by atoms with Gasteiger partial charge in [-0.2, -0.15) is 0 Å². The molecule has 30 heteroatoms. The van der Waals surface area contributed by atoms with Gasteiger partial charge in [0.2, 0.25) is 17.7 Å². The molecule has 336 valence electrons. The molecule has 2 aliphatic rings. The minimum absolute atomic E-state index is 0.0200. The Bertz CT molecular complexity index is 2260. The molecule has 1 fully saturated rings. The molecule has 0 spiro atoms. The van der Waals surface area contributed by atoms with E-state index in [9.17, 15) is 62.7 Å². The number of aromatic nitrogens is 4. The summed E-state index contributed by atoms with van der Waals surface area (Å²) >= 11 is 0.942. The highest BCUT2D eigenvalue weighted by molar-refractivity contribution is 8.13. The number of carbonyl (C=O) groups is 4. The smallest absolute Gasteiger partial charge is 0.274 e. The molecular formula is C31H39N8O18P3S-4. The number of nitrogen functional groups attached to an aromatic ring is 1. The standard InChI is InChI=1S/C31H43N8O18P3S/c1-31(2,25(43)29(45)34-8-7-20(40)33-9-10-61-21(41)11-17-16-5-3-4-6-18(16)38-28(17)44)13-54-60(51,52)57-59(49,50)53-12-19-24(56-58(46,47)48)23(42)30(55-19)39-15-37-22-26(32)35-14-36-27(22)39/h3-6,14-15,17,19,23-25,30,42-43H,7-13H2,1-2H3,(H,33,40)(H,34,45)(H,38,44)(H,49,50)(H,51,52)(H2,32,35,36)(H2,46,47,48)/p-4/t17?,19-,23-,24-,25+,30-/m1/s1. The Morgan fingerprint density at radius 2 is 1.77 bits per heavy atom. The van der Waals surface area contributed by atoms with Crippen LogP contribution in [0.4, 0.5) is 11.5 Å². The van der Waals surface area contributed by atoms with E-state index < -0.39 is 90.5 Å². The first-order chi connectivity index (χ1) is 28.5. The second-order valence-corrected chi connectivity index (χ2v) is 19.3. The van der Waals surface area contributed by atoms with Crippen molar-refractivity contribution in [3.05, 3.63) is 42.5 Å². The van der Waals surface area contributed by atoms with E-state index in [0.29, 0.717) is 5.69 Å². The number of amides is 3. The monoisotopic (exact) mass is 936 g/mol. The van der Waals surface area contributed by atoms with E-state index in [0.717, 1.165) is 34.5 Å². The van der Waals surface area contributed by atoms with E-state index in [4.69, 9.17) is 10.5 Å². The summed E-state index contributed by atoms with van der Waals surface area (Å²) in [6.45, 7) is -0.108. The second kappa shape index (κ2) is 19.7. The van der Waals surface area contributed by atoms with Gasteiger partial charge in [-0.1, -0.05) is 43.8 Å². The van der Waals surface area contributed by atoms with Crippen LogP contribution in [0.5, 0.6) is 0 Å². The Labute approximate surface area is 349 Å². The van der Waals surface area contributed by atoms with Gasteiger partial charge in [-0.3, -0.25) is 32.9 Å². The van der Waals surface area contributed by atoms with E-state index in [1.54, 1.807) is 24.3 Å². The predicted molar refractivity (Wildman–Crippen MR) is 201 cm³/mol. The molecule has 8 atom stereocenters. The largest absolute Gasteiger partial charge is 0.790 e. The van der Waals surface area contributed by atoms with Gasteiger partial charge in [0.05, 0.1) is 33.3 Å². The predicted octanol–water partition coefficient (Wildman–Crippen LogP) is -2.74. The molecular weight excluding hydrogens is 897 g/mol. The van der Waals surface area contributed by atoms with Crippen molar-refractivity contribution in [2.45, 2.75) is 63.3 Å². The van der Waals surface area contributed by atoms with Crippen molar-refractivity contribution >= 4 is 80.7 Å². The third kappa shape index (κ3) is 12.9. The van der Waals surface area contributed by atoms with Crippen molar-refractivity contribution in [2.75, 3.05) is 43.1 Å². The number of hydrogen-bond donors (Lipinski definition) is 6. The number of benzene rings is 1. The van der Waals surface area contributed by atoms with Crippen molar-refractivity contribution in [3.63, 3.8) is 0 Å². The number of para-hydroxylation sites is 1. The summed E-state index contributed by atoms with van der Waals surface area (Å²) in [4.78, 5) is 109. The molecule has 2 aliphatic heterocycles. The number of nitrogens with two attached hydrogens (primary N) is 1. The molecule has 61 heavy (non-hydrogen) atoms. The van der Waals surface area contributed by atoms with Gasteiger partial charge < -0.3 is 74.3 Å². The number of thioether (sulfide) groups is 1. The summed E-state index contributed by atoms with van der Waals surface area (Å²) in [5, 5.41) is 28.7. The highest BCUT2D eigenvalue weighted by atomic mass is 32.2. The van der Waals surface area contributed by atoms with Gasteiger partial charge in [-0.25, -0.2) is 19.3 Å². The van der Waals surface area contributed by atoms with Gasteiger partial charge in [0.15, 0.2) is 22.8 Å². The zero-order valence-electron chi connectivity index (χ0n) is 31.9. The van der Waals surface area contributed by atoms with Gasteiger partial charge in [-0.05, 0) is 11.6 Å². The number of fused-ring (bicyclic) bond motifs is 2. The number of carbonyl (C=O) groups excluding carboxylic acids is 4. The molecule has 3 aromatic rings. The van der Waals surface area contributed by atoms with Gasteiger partial charge in [0.1, 0.15) is 36.3 Å². The Balaban J connectivity index is 1.03. The zero-order chi connectivity index (χ0) is 44.9. The average molecular weight is 937 g/mol. The van der Waals surface area contributed by atoms with Crippen molar-refractivity contribution in [1.82, 2.24) is 30.2 Å². The van der Waals surface area contributed by atoms with Crippen molar-refractivity contribution in [2.24, 2.45) is 5.41 Å². The Hall–Kier alpha value is -3.75. The number of ether oxygens (including phenoxy) is 1. The lowest BCUT2D eigenvalue weighted by atomic mass is 9.87. The number of nitrogens with zero attached hydrogens (tertiary/aromatic N) is 4. The van der Waals surface area contributed by atoms with Gasteiger partial charge >= 0.3 is 0 Å². The van der Waals surface area contributed by atoms with Crippen molar-refractivity contribution < 1.29 is 85.3 Å². The normalized spacial score (nSPS) is 22.8. The molecule has 1 aromatic carbocycles. The van der Waals surface area contributed by atoms with Gasteiger partial charge in [-0.15, -0.1) is 0 Å². The highest BCUT2D eigenvalue weighted by Crippen LogP contribution is 2.56. The number of nitrogens with one attached hydrogen (secondary N) is 3. The maximum absolute atomic E-state index is 12.6. The van der Waals surface area contributed by atoms with Gasteiger partial charge in [0, 0.05) is 42.8 Å². The Morgan fingerprint density at radius 1 is 1.07 bits per heavy atom. The highest BCUT2D eigenvalue weighted by Gasteiger charge is 2.47. The minimum Gasteiger partial charge on any atom is -0.790 e. The summed E-state index contributed by atoms with van der Waals surface area (Å²) in [5.41, 5.74) is 5.42. The number of hydrogen-bond acceptors (Lipinski definition) is 23. The molecule has 0 aliphatic carbocycles. The SMILES string of the molecule is CC(C)(COP(=O)([O-])OP(=O)([O-])OC[C@H]1O[C@@H](n2cnc3c(N)ncnc32)[C@H](O)[C@@H]1OP(=O)([O-])[O-])[C@@H](O)C(=O)NCCC(=O)NCCSC(=O)CC1C(=O)Nc2ccccc21. The third-order valence-corrected chi connectivity index (χ3v) is 12.9. The Morgan fingerprint density at radius 3 is 2.49 bits per heavy atom.